The zero-order chi connectivity index (χ0) is 11.8. The molecule has 4 N–H and O–H groups in total. The SMILES string of the molecule is Nc1cccc(-c2nc3ccncc3[nH]2)c1O. The summed E-state index contributed by atoms with van der Waals surface area (Å²) in [5, 5.41) is 9.88. The third-order valence-electron chi connectivity index (χ3n) is 2.61. The van der Waals surface area contributed by atoms with Crippen LogP contribution in [0.2, 0.25) is 0 Å². The van der Waals surface area contributed by atoms with Crippen molar-refractivity contribution < 1.29 is 5.11 Å². The molecule has 2 heterocycles. The summed E-state index contributed by atoms with van der Waals surface area (Å²) in [5.74, 6) is 0.623. The predicted octanol–water partition coefficient (Wildman–Crippen LogP) is 1.91. The van der Waals surface area contributed by atoms with Gasteiger partial charge in [0.1, 0.15) is 11.6 Å². The van der Waals surface area contributed by atoms with Gasteiger partial charge in [-0.3, -0.25) is 4.98 Å². The number of hydrogen-bond acceptors (Lipinski definition) is 4. The summed E-state index contributed by atoms with van der Waals surface area (Å²) in [4.78, 5) is 11.5. The molecule has 0 radical (unpaired) electrons. The second kappa shape index (κ2) is 3.48. The van der Waals surface area contributed by atoms with Crippen molar-refractivity contribution in [3.05, 3.63) is 36.7 Å². The maximum Gasteiger partial charge on any atom is 0.149 e. The number of rotatable bonds is 1. The monoisotopic (exact) mass is 226 g/mol. The van der Waals surface area contributed by atoms with Gasteiger partial charge in [0.25, 0.3) is 0 Å². The van der Waals surface area contributed by atoms with Gasteiger partial charge in [-0.2, -0.15) is 0 Å². The zero-order valence-corrected chi connectivity index (χ0v) is 8.88. The van der Waals surface area contributed by atoms with E-state index >= 15 is 0 Å². The minimum absolute atomic E-state index is 0.0412. The smallest absolute Gasteiger partial charge is 0.149 e. The standard InChI is InChI=1S/C12H10N4O/c13-8-3-1-2-7(11(8)17)12-15-9-4-5-14-6-10(9)16-12/h1-6,17H,13H2,(H,15,16). The molecule has 0 spiro atoms. The number of nitrogens with two attached hydrogens (primary N) is 1. The Kier molecular flexibility index (Phi) is 1.98. The molecule has 0 fully saturated rings. The highest BCUT2D eigenvalue weighted by Gasteiger charge is 2.10. The minimum Gasteiger partial charge on any atom is -0.505 e. The highest BCUT2D eigenvalue weighted by Crippen LogP contribution is 2.32. The van der Waals surface area contributed by atoms with Gasteiger partial charge in [-0.1, -0.05) is 6.07 Å². The van der Waals surface area contributed by atoms with E-state index in [1.54, 1.807) is 36.7 Å². The Labute approximate surface area is 97.0 Å². The highest BCUT2D eigenvalue weighted by molar-refractivity contribution is 5.81. The molecule has 0 bridgehead atoms. The summed E-state index contributed by atoms with van der Waals surface area (Å²) in [7, 11) is 0. The lowest BCUT2D eigenvalue weighted by Crippen LogP contribution is -1.88. The summed E-state index contributed by atoms with van der Waals surface area (Å²) in [6.45, 7) is 0. The van der Waals surface area contributed by atoms with Crippen LogP contribution in [0.5, 0.6) is 5.75 Å². The van der Waals surface area contributed by atoms with Crippen molar-refractivity contribution in [2.45, 2.75) is 0 Å². The number of aromatic hydroxyl groups is 1. The number of nitrogens with zero attached hydrogens (tertiary/aromatic N) is 2. The molecule has 0 saturated heterocycles. The summed E-state index contributed by atoms with van der Waals surface area (Å²) in [6.07, 6.45) is 3.36. The lowest BCUT2D eigenvalue weighted by molar-refractivity contribution is 0.479. The minimum atomic E-state index is 0.0412. The number of pyridine rings is 1. The zero-order valence-electron chi connectivity index (χ0n) is 8.88. The first-order valence-electron chi connectivity index (χ1n) is 5.13. The molecule has 0 amide bonds. The number of aromatic nitrogens is 3. The Morgan fingerprint density at radius 1 is 1.24 bits per heavy atom. The van der Waals surface area contributed by atoms with Gasteiger partial charge in [0, 0.05) is 6.20 Å². The van der Waals surface area contributed by atoms with E-state index in [1.807, 2.05) is 0 Å². The fraction of sp³-hybridized carbons (Fsp3) is 0. The molecule has 0 aliphatic rings. The largest absolute Gasteiger partial charge is 0.505 e. The molecule has 5 nitrogen and oxygen atoms in total. The number of anilines is 1. The summed E-state index contributed by atoms with van der Waals surface area (Å²) in [5.41, 5.74) is 8.19. The maximum absolute atomic E-state index is 9.88. The molecule has 2 aromatic heterocycles. The van der Waals surface area contributed by atoms with Gasteiger partial charge in [-0.05, 0) is 18.2 Å². The van der Waals surface area contributed by atoms with Crippen LogP contribution >= 0.6 is 0 Å². The number of H-pyrrole nitrogens is 1. The fourth-order valence-corrected chi connectivity index (χ4v) is 1.74. The number of hydrogen-bond donors (Lipinski definition) is 3. The molecule has 0 aliphatic carbocycles. The van der Waals surface area contributed by atoms with Crippen molar-refractivity contribution in [1.29, 1.82) is 0 Å². The third kappa shape index (κ3) is 1.48. The van der Waals surface area contributed by atoms with Gasteiger partial charge in [0.2, 0.25) is 0 Å². The number of aromatic amines is 1. The lowest BCUT2D eigenvalue weighted by atomic mass is 10.1. The van der Waals surface area contributed by atoms with E-state index in [9.17, 15) is 5.11 Å². The highest BCUT2D eigenvalue weighted by atomic mass is 16.3. The summed E-state index contributed by atoms with van der Waals surface area (Å²) in [6, 6.07) is 6.98. The second-order valence-electron chi connectivity index (χ2n) is 3.72. The normalized spacial score (nSPS) is 10.8. The Balaban J connectivity index is 2.24. The Bertz CT molecular complexity index is 657. The second-order valence-corrected chi connectivity index (χ2v) is 3.72. The van der Waals surface area contributed by atoms with Crippen LogP contribution in [0.15, 0.2) is 36.7 Å². The molecule has 5 heteroatoms. The number of fused-ring (bicyclic) bond motifs is 1. The number of nitrogens with one attached hydrogen (secondary N) is 1. The van der Waals surface area contributed by atoms with E-state index in [1.165, 1.54) is 0 Å². The molecule has 1 aromatic carbocycles. The van der Waals surface area contributed by atoms with Crippen LogP contribution in [0.4, 0.5) is 5.69 Å². The van der Waals surface area contributed by atoms with Crippen LogP contribution in [0.1, 0.15) is 0 Å². The first-order chi connectivity index (χ1) is 8.25. The molecule has 3 rings (SSSR count). The topological polar surface area (TPSA) is 87.8 Å². The molecule has 0 saturated carbocycles. The van der Waals surface area contributed by atoms with Gasteiger partial charge in [-0.15, -0.1) is 0 Å². The van der Waals surface area contributed by atoms with E-state index in [0.717, 1.165) is 11.0 Å². The van der Waals surface area contributed by atoms with Crippen LogP contribution in [-0.2, 0) is 0 Å². The molecular weight excluding hydrogens is 216 g/mol. The predicted molar refractivity (Wildman–Crippen MR) is 65.4 cm³/mol. The Hall–Kier alpha value is -2.56. The average Bonchev–Trinajstić information content (AvgIpc) is 2.76. The van der Waals surface area contributed by atoms with Crippen molar-refractivity contribution in [3.8, 4) is 17.1 Å². The number of phenolic OH excluding ortho intramolecular Hbond substituents is 1. The quantitative estimate of drug-likeness (QED) is 0.437. The molecule has 84 valence electrons. The average molecular weight is 226 g/mol. The van der Waals surface area contributed by atoms with Crippen LogP contribution in [0.25, 0.3) is 22.4 Å². The number of imidazole rings is 1. The van der Waals surface area contributed by atoms with Gasteiger partial charge in [0.15, 0.2) is 0 Å². The Morgan fingerprint density at radius 2 is 2.12 bits per heavy atom. The van der Waals surface area contributed by atoms with Crippen LogP contribution in [0.3, 0.4) is 0 Å². The van der Waals surface area contributed by atoms with Gasteiger partial charge in [0.05, 0.1) is 28.5 Å². The van der Waals surface area contributed by atoms with E-state index in [2.05, 4.69) is 15.0 Å². The van der Waals surface area contributed by atoms with Crippen molar-refractivity contribution in [2.75, 3.05) is 5.73 Å². The Morgan fingerprint density at radius 3 is 2.94 bits per heavy atom. The molecule has 17 heavy (non-hydrogen) atoms. The fourth-order valence-electron chi connectivity index (χ4n) is 1.74. The van der Waals surface area contributed by atoms with Crippen molar-refractivity contribution in [1.82, 2.24) is 15.0 Å². The number of phenols is 1. The van der Waals surface area contributed by atoms with E-state index in [-0.39, 0.29) is 5.75 Å². The van der Waals surface area contributed by atoms with Gasteiger partial charge >= 0.3 is 0 Å². The molecule has 0 aliphatic heterocycles. The van der Waals surface area contributed by atoms with Crippen molar-refractivity contribution >= 4 is 16.7 Å². The van der Waals surface area contributed by atoms with Crippen molar-refractivity contribution in [2.24, 2.45) is 0 Å². The van der Waals surface area contributed by atoms with Gasteiger partial charge in [-0.25, -0.2) is 4.98 Å². The first kappa shape index (κ1) is 9.65. The van der Waals surface area contributed by atoms with Gasteiger partial charge < -0.3 is 15.8 Å². The van der Waals surface area contributed by atoms with Crippen LogP contribution in [0, 0.1) is 0 Å². The molecule has 3 aromatic rings. The first-order valence-corrected chi connectivity index (χ1v) is 5.13. The number of para-hydroxylation sites is 1. The number of benzene rings is 1. The van der Waals surface area contributed by atoms with Crippen molar-refractivity contribution in [3.63, 3.8) is 0 Å². The number of nitrogen functional groups attached to an aromatic ring is 1. The third-order valence-corrected chi connectivity index (χ3v) is 2.61. The lowest BCUT2D eigenvalue weighted by Gasteiger charge is -2.03. The maximum atomic E-state index is 9.88. The molecule has 0 atom stereocenters. The molecule has 0 unspecified atom stereocenters. The van der Waals surface area contributed by atoms with Crippen LogP contribution < -0.4 is 5.73 Å². The van der Waals surface area contributed by atoms with E-state index in [4.69, 9.17) is 5.73 Å². The van der Waals surface area contributed by atoms with Crippen LogP contribution in [-0.4, -0.2) is 20.1 Å². The van der Waals surface area contributed by atoms with E-state index in [0.29, 0.717) is 17.1 Å². The summed E-state index contributed by atoms with van der Waals surface area (Å²) < 4.78 is 0. The molecular formula is C12H10N4O. The van der Waals surface area contributed by atoms with E-state index < -0.39 is 0 Å². The summed E-state index contributed by atoms with van der Waals surface area (Å²) >= 11 is 0.